The molecule has 0 aromatic carbocycles. The van der Waals surface area contributed by atoms with Gasteiger partial charge >= 0.3 is 0 Å². The van der Waals surface area contributed by atoms with Crippen molar-refractivity contribution in [1.82, 2.24) is 0 Å². The fourth-order valence-corrected chi connectivity index (χ4v) is 0.552. The Bertz CT molecular complexity index is 131. The molecule has 0 aromatic rings. The zero-order valence-corrected chi connectivity index (χ0v) is 9.14. The van der Waals surface area contributed by atoms with Crippen LogP contribution in [0.15, 0.2) is 0 Å². The number of hydrogen-bond donors (Lipinski definition) is 1. The highest BCUT2D eigenvalue weighted by Gasteiger charge is 2.35. The average Bonchev–Trinajstić information content (AvgIpc) is 1.81. The molecule has 0 aliphatic rings. The van der Waals surface area contributed by atoms with E-state index in [1.54, 1.807) is 13.8 Å². The lowest BCUT2D eigenvalue weighted by Gasteiger charge is -2.37. The van der Waals surface area contributed by atoms with E-state index in [1.165, 1.54) is 0 Å². The lowest BCUT2D eigenvalue weighted by molar-refractivity contribution is -0.152. The number of aliphatic hydroxyl groups is 1. The van der Waals surface area contributed by atoms with Crippen LogP contribution in [0.25, 0.3) is 0 Å². The van der Waals surface area contributed by atoms with Crippen molar-refractivity contribution < 1.29 is 9.84 Å². The van der Waals surface area contributed by atoms with Gasteiger partial charge in [-0.1, -0.05) is 13.8 Å². The molecule has 0 fully saturated rings. The summed E-state index contributed by atoms with van der Waals surface area (Å²) in [5, 5.41) is 9.73. The van der Waals surface area contributed by atoms with E-state index in [2.05, 4.69) is 13.8 Å². The normalized spacial score (nSPS) is 14.0. The van der Waals surface area contributed by atoms with Crippen molar-refractivity contribution in [1.29, 1.82) is 0 Å². The molecule has 0 atom stereocenters. The molecule has 0 spiro atoms. The quantitative estimate of drug-likeness (QED) is 0.708. The van der Waals surface area contributed by atoms with Crippen molar-refractivity contribution in [2.75, 3.05) is 6.61 Å². The number of hydrogen-bond acceptors (Lipinski definition) is 2. The predicted octanol–water partition coefficient (Wildman–Crippen LogP) is 2.21. The first-order chi connectivity index (χ1) is 5.17. The van der Waals surface area contributed by atoms with E-state index < -0.39 is 11.2 Å². The van der Waals surface area contributed by atoms with Gasteiger partial charge < -0.3 is 9.84 Å². The van der Waals surface area contributed by atoms with E-state index in [1.807, 2.05) is 13.8 Å². The van der Waals surface area contributed by atoms with Gasteiger partial charge in [0, 0.05) is 6.61 Å². The topological polar surface area (TPSA) is 29.5 Å². The molecule has 74 valence electrons. The monoisotopic (exact) mass is 174 g/mol. The van der Waals surface area contributed by atoms with Gasteiger partial charge in [0.05, 0.1) is 11.2 Å². The Morgan fingerprint density at radius 1 is 1.17 bits per heavy atom. The number of ether oxygens (including phenoxy) is 1. The Balaban J connectivity index is 4.05. The maximum Gasteiger partial charge on any atom is 0.0906 e. The van der Waals surface area contributed by atoms with Gasteiger partial charge in [-0.15, -0.1) is 0 Å². The summed E-state index contributed by atoms with van der Waals surface area (Å²) in [6, 6.07) is 0. The fourth-order valence-electron chi connectivity index (χ4n) is 0.552. The summed E-state index contributed by atoms with van der Waals surface area (Å²) in [5.74, 6) is 0.506. The van der Waals surface area contributed by atoms with Gasteiger partial charge in [-0.05, 0) is 33.6 Å². The summed E-state index contributed by atoms with van der Waals surface area (Å²) >= 11 is 0. The van der Waals surface area contributed by atoms with Gasteiger partial charge in [-0.25, -0.2) is 0 Å². The molecule has 0 saturated heterocycles. The Morgan fingerprint density at radius 3 is 1.83 bits per heavy atom. The minimum Gasteiger partial charge on any atom is -0.387 e. The molecule has 0 radical (unpaired) electrons. The minimum atomic E-state index is -0.790. The zero-order valence-electron chi connectivity index (χ0n) is 9.14. The largest absolute Gasteiger partial charge is 0.387 e. The van der Waals surface area contributed by atoms with Crippen LogP contribution in [0.4, 0.5) is 0 Å². The van der Waals surface area contributed by atoms with Crippen molar-refractivity contribution in [3.05, 3.63) is 0 Å². The van der Waals surface area contributed by atoms with Gasteiger partial charge in [0.1, 0.15) is 0 Å². The van der Waals surface area contributed by atoms with Crippen LogP contribution in [0.3, 0.4) is 0 Å². The Morgan fingerprint density at radius 2 is 1.58 bits per heavy atom. The third kappa shape index (κ3) is 3.55. The Kier molecular flexibility index (Phi) is 3.73. The molecule has 0 aliphatic carbocycles. The molecule has 0 rings (SSSR count). The smallest absolute Gasteiger partial charge is 0.0906 e. The summed E-state index contributed by atoms with van der Waals surface area (Å²) < 4.78 is 5.61. The molecule has 0 aromatic heterocycles. The van der Waals surface area contributed by atoms with E-state index in [9.17, 15) is 5.11 Å². The van der Waals surface area contributed by atoms with Crippen molar-refractivity contribution in [3.8, 4) is 0 Å². The molecule has 2 nitrogen and oxygen atoms in total. The summed E-state index contributed by atoms with van der Waals surface area (Å²) in [7, 11) is 0. The molecular formula is C10H22O2. The maximum atomic E-state index is 9.73. The number of rotatable bonds is 4. The molecule has 0 aliphatic heterocycles. The van der Waals surface area contributed by atoms with Crippen molar-refractivity contribution >= 4 is 0 Å². The van der Waals surface area contributed by atoms with Crippen LogP contribution < -0.4 is 0 Å². The van der Waals surface area contributed by atoms with Crippen LogP contribution in [-0.2, 0) is 4.74 Å². The first kappa shape index (κ1) is 11.9. The van der Waals surface area contributed by atoms with Crippen LogP contribution in [0.5, 0.6) is 0 Å². The second-order valence-corrected chi connectivity index (χ2v) is 4.77. The predicted molar refractivity (Wildman–Crippen MR) is 51.2 cm³/mol. The van der Waals surface area contributed by atoms with Crippen molar-refractivity contribution in [2.45, 2.75) is 52.7 Å². The highest BCUT2D eigenvalue weighted by molar-refractivity contribution is 4.87. The van der Waals surface area contributed by atoms with E-state index in [4.69, 9.17) is 4.74 Å². The van der Waals surface area contributed by atoms with E-state index in [0.717, 1.165) is 0 Å². The molecular weight excluding hydrogens is 152 g/mol. The molecule has 0 bridgehead atoms. The van der Waals surface area contributed by atoms with Crippen LogP contribution in [-0.4, -0.2) is 22.9 Å². The summed E-state index contributed by atoms with van der Waals surface area (Å²) in [5.41, 5.74) is -1.26. The highest BCUT2D eigenvalue weighted by atomic mass is 16.5. The van der Waals surface area contributed by atoms with Gasteiger partial charge in [-0.2, -0.15) is 0 Å². The molecule has 0 unspecified atom stereocenters. The Hall–Kier alpha value is -0.0800. The summed E-state index contributed by atoms with van der Waals surface area (Å²) in [6.45, 7) is 12.3. The van der Waals surface area contributed by atoms with Gasteiger partial charge in [0.25, 0.3) is 0 Å². The van der Waals surface area contributed by atoms with Crippen molar-refractivity contribution in [3.63, 3.8) is 0 Å². The third-order valence-electron chi connectivity index (χ3n) is 2.25. The van der Waals surface area contributed by atoms with Gasteiger partial charge in [-0.3, -0.25) is 0 Å². The lowest BCUT2D eigenvalue weighted by atomic mass is 9.89. The minimum absolute atomic E-state index is 0.475. The van der Waals surface area contributed by atoms with E-state index >= 15 is 0 Å². The Labute approximate surface area is 75.9 Å². The van der Waals surface area contributed by atoms with Crippen LogP contribution in [0, 0.1) is 5.92 Å². The van der Waals surface area contributed by atoms with Crippen LogP contribution >= 0.6 is 0 Å². The van der Waals surface area contributed by atoms with Crippen molar-refractivity contribution in [2.24, 2.45) is 5.92 Å². The molecule has 1 N–H and O–H groups in total. The van der Waals surface area contributed by atoms with E-state index in [0.29, 0.717) is 12.5 Å². The zero-order chi connectivity index (χ0) is 9.99. The van der Waals surface area contributed by atoms with Gasteiger partial charge in [0.15, 0.2) is 0 Å². The second kappa shape index (κ2) is 3.75. The molecule has 2 heteroatoms. The maximum absolute atomic E-state index is 9.73. The third-order valence-corrected chi connectivity index (χ3v) is 2.25. The van der Waals surface area contributed by atoms with Gasteiger partial charge in [0.2, 0.25) is 0 Å². The average molecular weight is 174 g/mol. The standard InChI is InChI=1S/C10H22O2/c1-8(2)7-12-10(5,6)9(3,4)11/h8,11H,7H2,1-6H3. The second-order valence-electron chi connectivity index (χ2n) is 4.77. The summed E-state index contributed by atoms with van der Waals surface area (Å²) in [4.78, 5) is 0. The van der Waals surface area contributed by atoms with Crippen LogP contribution in [0.1, 0.15) is 41.5 Å². The fraction of sp³-hybridized carbons (Fsp3) is 1.00. The van der Waals surface area contributed by atoms with Crippen LogP contribution in [0.2, 0.25) is 0 Å². The lowest BCUT2D eigenvalue weighted by Crippen LogP contribution is -2.47. The molecule has 0 amide bonds. The summed E-state index contributed by atoms with van der Waals surface area (Å²) in [6.07, 6.45) is 0. The van der Waals surface area contributed by atoms with E-state index in [-0.39, 0.29) is 0 Å². The molecule has 0 saturated carbocycles. The molecule has 0 heterocycles. The highest BCUT2D eigenvalue weighted by Crippen LogP contribution is 2.25. The SMILES string of the molecule is CC(C)COC(C)(C)C(C)(C)O. The first-order valence-corrected chi connectivity index (χ1v) is 4.53. The molecule has 12 heavy (non-hydrogen) atoms. The first-order valence-electron chi connectivity index (χ1n) is 4.53.